The van der Waals surface area contributed by atoms with Crippen LogP contribution in [0.5, 0.6) is 0 Å². The van der Waals surface area contributed by atoms with Crippen molar-refractivity contribution < 1.29 is 18.3 Å². The lowest BCUT2D eigenvalue weighted by Gasteiger charge is -2.33. The molecule has 0 atom stereocenters. The summed E-state index contributed by atoms with van der Waals surface area (Å²) >= 11 is 11.8. The minimum Gasteiger partial charge on any atom is -0.480 e. The molecule has 1 heterocycles. The Balaban J connectivity index is 2.15. The molecule has 0 spiro atoms. The summed E-state index contributed by atoms with van der Waals surface area (Å²) in [6.45, 7) is 1.08. The Hall–Kier alpha value is -0.860. The molecule has 0 unspecified atom stereocenters. The van der Waals surface area contributed by atoms with Gasteiger partial charge in [-0.25, -0.2) is 8.42 Å². The van der Waals surface area contributed by atoms with Crippen molar-refractivity contribution >= 4 is 39.2 Å². The van der Waals surface area contributed by atoms with Crippen LogP contribution in [-0.2, 0) is 14.8 Å². The van der Waals surface area contributed by atoms with Crippen LogP contribution in [0.15, 0.2) is 23.1 Å². The van der Waals surface area contributed by atoms with Gasteiger partial charge in [-0.05, 0) is 18.2 Å². The summed E-state index contributed by atoms with van der Waals surface area (Å²) in [4.78, 5) is 12.3. The number of rotatable bonds is 4. The van der Waals surface area contributed by atoms with Gasteiger partial charge in [-0.3, -0.25) is 9.69 Å². The summed E-state index contributed by atoms with van der Waals surface area (Å²) in [6.07, 6.45) is 0. The number of nitrogens with zero attached hydrogens (tertiary/aromatic N) is 2. The fourth-order valence-electron chi connectivity index (χ4n) is 2.13. The van der Waals surface area contributed by atoms with Gasteiger partial charge in [-0.15, -0.1) is 0 Å². The van der Waals surface area contributed by atoms with Gasteiger partial charge < -0.3 is 5.11 Å². The Labute approximate surface area is 132 Å². The van der Waals surface area contributed by atoms with Crippen LogP contribution < -0.4 is 0 Å². The van der Waals surface area contributed by atoms with Crippen molar-refractivity contribution in [3.63, 3.8) is 0 Å². The zero-order valence-corrected chi connectivity index (χ0v) is 13.3. The Morgan fingerprint density at radius 1 is 1.19 bits per heavy atom. The minimum atomic E-state index is -3.72. The highest BCUT2D eigenvalue weighted by atomic mass is 35.5. The van der Waals surface area contributed by atoms with Crippen LogP contribution in [0.1, 0.15) is 0 Å². The quantitative estimate of drug-likeness (QED) is 0.885. The van der Waals surface area contributed by atoms with E-state index < -0.39 is 16.0 Å². The second-order valence-electron chi connectivity index (χ2n) is 4.65. The van der Waals surface area contributed by atoms with Gasteiger partial charge in [-0.2, -0.15) is 4.31 Å². The molecule has 1 aromatic rings. The van der Waals surface area contributed by atoms with Gasteiger partial charge in [0.05, 0.1) is 11.6 Å². The molecule has 1 saturated heterocycles. The largest absolute Gasteiger partial charge is 0.480 e. The van der Waals surface area contributed by atoms with E-state index in [1.807, 2.05) is 0 Å². The zero-order chi connectivity index (χ0) is 15.6. The molecule has 1 aliphatic rings. The zero-order valence-electron chi connectivity index (χ0n) is 11.0. The maximum Gasteiger partial charge on any atom is 0.317 e. The smallest absolute Gasteiger partial charge is 0.317 e. The summed E-state index contributed by atoms with van der Waals surface area (Å²) in [5, 5.41) is 9.14. The fraction of sp³-hybridized carbons (Fsp3) is 0.417. The molecule has 1 N–H and O–H groups in total. The van der Waals surface area contributed by atoms with Crippen molar-refractivity contribution in [2.45, 2.75) is 4.90 Å². The molecular weight excluding hydrogens is 339 g/mol. The van der Waals surface area contributed by atoms with Crippen LogP contribution in [0.3, 0.4) is 0 Å². The van der Waals surface area contributed by atoms with Crippen molar-refractivity contribution in [1.29, 1.82) is 0 Å². The molecule has 0 radical (unpaired) electrons. The van der Waals surface area contributed by atoms with Gasteiger partial charge in [0.25, 0.3) is 0 Å². The van der Waals surface area contributed by atoms with E-state index in [1.54, 1.807) is 4.90 Å². The first kappa shape index (κ1) is 16.5. The molecule has 2 rings (SSSR count). The SMILES string of the molecule is O=C(O)CN1CCN(S(=O)(=O)c2cc(Cl)ccc2Cl)CC1. The van der Waals surface area contributed by atoms with E-state index in [9.17, 15) is 13.2 Å². The Morgan fingerprint density at radius 2 is 1.81 bits per heavy atom. The number of halogens is 2. The number of carboxylic acid groups (broad SMARTS) is 1. The minimum absolute atomic E-state index is 0.0247. The lowest BCUT2D eigenvalue weighted by Crippen LogP contribution is -2.49. The number of aliphatic carboxylic acids is 1. The molecule has 1 aliphatic heterocycles. The van der Waals surface area contributed by atoms with Crippen LogP contribution >= 0.6 is 23.2 Å². The monoisotopic (exact) mass is 352 g/mol. The lowest BCUT2D eigenvalue weighted by molar-refractivity contribution is -0.138. The van der Waals surface area contributed by atoms with E-state index in [0.717, 1.165) is 0 Å². The van der Waals surface area contributed by atoms with Gasteiger partial charge in [-0.1, -0.05) is 23.2 Å². The molecule has 21 heavy (non-hydrogen) atoms. The summed E-state index contributed by atoms with van der Waals surface area (Å²) < 4.78 is 26.4. The molecule has 9 heteroatoms. The number of sulfonamides is 1. The molecule has 6 nitrogen and oxygen atoms in total. The third-order valence-electron chi connectivity index (χ3n) is 3.20. The Bertz CT molecular complexity index is 643. The molecule has 0 bridgehead atoms. The van der Waals surface area contributed by atoms with Gasteiger partial charge in [0.15, 0.2) is 0 Å². The lowest BCUT2D eigenvalue weighted by atomic mass is 10.3. The molecule has 0 saturated carbocycles. The Morgan fingerprint density at radius 3 is 2.38 bits per heavy atom. The van der Waals surface area contributed by atoms with Crippen molar-refractivity contribution in [3.8, 4) is 0 Å². The van der Waals surface area contributed by atoms with E-state index in [2.05, 4.69) is 0 Å². The number of benzene rings is 1. The van der Waals surface area contributed by atoms with Crippen LogP contribution in [0.4, 0.5) is 0 Å². The highest BCUT2D eigenvalue weighted by Crippen LogP contribution is 2.28. The van der Waals surface area contributed by atoms with Crippen LogP contribution in [0.25, 0.3) is 0 Å². The second-order valence-corrected chi connectivity index (χ2v) is 7.40. The summed E-state index contributed by atoms with van der Waals surface area (Å²) in [5.41, 5.74) is 0. The van der Waals surface area contributed by atoms with Crippen LogP contribution in [0, 0.1) is 0 Å². The van der Waals surface area contributed by atoms with Gasteiger partial charge in [0.1, 0.15) is 4.90 Å². The predicted molar refractivity (Wildman–Crippen MR) is 79.3 cm³/mol. The standard InChI is InChI=1S/C12H14Cl2N2O4S/c13-9-1-2-10(14)11(7-9)21(19,20)16-5-3-15(4-6-16)8-12(17)18/h1-2,7H,3-6,8H2,(H,17,18). The molecule has 0 aliphatic carbocycles. The number of hydrogen-bond acceptors (Lipinski definition) is 4. The molecule has 0 amide bonds. The average molecular weight is 353 g/mol. The first-order valence-electron chi connectivity index (χ1n) is 6.20. The van der Waals surface area contributed by atoms with E-state index in [-0.39, 0.29) is 29.6 Å². The summed E-state index contributed by atoms with van der Waals surface area (Å²) in [7, 11) is -3.72. The Kier molecular flexibility index (Phi) is 5.11. The first-order valence-corrected chi connectivity index (χ1v) is 8.39. The van der Waals surface area contributed by atoms with E-state index in [0.29, 0.717) is 18.1 Å². The fourth-order valence-corrected chi connectivity index (χ4v) is 4.29. The van der Waals surface area contributed by atoms with Crippen LogP contribution in [-0.4, -0.2) is 61.4 Å². The number of carbonyl (C=O) groups is 1. The van der Waals surface area contributed by atoms with E-state index >= 15 is 0 Å². The summed E-state index contributed by atoms with van der Waals surface area (Å²) in [6, 6.07) is 4.29. The highest BCUT2D eigenvalue weighted by molar-refractivity contribution is 7.89. The predicted octanol–water partition coefficient (Wildman–Crippen LogP) is 1.38. The van der Waals surface area contributed by atoms with Gasteiger partial charge in [0.2, 0.25) is 10.0 Å². The van der Waals surface area contributed by atoms with Crippen molar-refractivity contribution in [1.82, 2.24) is 9.21 Å². The second kappa shape index (κ2) is 6.50. The summed E-state index contributed by atoms with van der Waals surface area (Å²) in [5.74, 6) is -0.927. The number of piperazine rings is 1. The maximum atomic E-state index is 12.5. The molecule has 0 aromatic heterocycles. The topological polar surface area (TPSA) is 77.9 Å². The van der Waals surface area contributed by atoms with Gasteiger partial charge >= 0.3 is 5.97 Å². The van der Waals surface area contributed by atoms with Crippen molar-refractivity contribution in [2.24, 2.45) is 0 Å². The van der Waals surface area contributed by atoms with Crippen molar-refractivity contribution in [3.05, 3.63) is 28.2 Å². The van der Waals surface area contributed by atoms with E-state index in [1.165, 1.54) is 22.5 Å². The number of carboxylic acids is 1. The first-order chi connectivity index (χ1) is 9.80. The number of hydrogen-bond donors (Lipinski definition) is 1. The van der Waals surface area contributed by atoms with Gasteiger partial charge in [0, 0.05) is 31.2 Å². The third-order valence-corrected chi connectivity index (χ3v) is 5.82. The third kappa shape index (κ3) is 3.87. The average Bonchev–Trinajstić information content (AvgIpc) is 2.41. The molecule has 1 aromatic carbocycles. The molecule has 1 fully saturated rings. The van der Waals surface area contributed by atoms with Crippen molar-refractivity contribution in [2.75, 3.05) is 32.7 Å². The highest BCUT2D eigenvalue weighted by Gasteiger charge is 2.30. The van der Waals surface area contributed by atoms with E-state index in [4.69, 9.17) is 28.3 Å². The molecule has 116 valence electrons. The van der Waals surface area contributed by atoms with Crippen LogP contribution in [0.2, 0.25) is 10.0 Å². The maximum absolute atomic E-state index is 12.5. The molecular formula is C12H14Cl2N2O4S. The normalized spacial score (nSPS) is 17.8.